The second-order valence-corrected chi connectivity index (χ2v) is 4.96. The summed E-state index contributed by atoms with van der Waals surface area (Å²) in [5.74, 6) is 1.54. The number of hydrogen-bond acceptors (Lipinski definition) is 5. The normalized spacial score (nSPS) is 16.9. The summed E-state index contributed by atoms with van der Waals surface area (Å²) in [6, 6.07) is 1.87. The molecule has 0 saturated carbocycles. The van der Waals surface area contributed by atoms with Crippen LogP contribution in [-0.4, -0.2) is 48.2 Å². The zero-order valence-electron chi connectivity index (χ0n) is 10.5. The van der Waals surface area contributed by atoms with Gasteiger partial charge in [0.05, 0.1) is 19.8 Å². The van der Waals surface area contributed by atoms with E-state index in [4.69, 9.17) is 9.47 Å². The molecule has 1 aliphatic rings. The van der Waals surface area contributed by atoms with Crippen molar-refractivity contribution in [3.63, 3.8) is 0 Å². The van der Waals surface area contributed by atoms with Crippen LogP contribution < -0.4 is 9.64 Å². The van der Waals surface area contributed by atoms with Gasteiger partial charge in [-0.3, -0.25) is 0 Å². The molecule has 0 amide bonds. The van der Waals surface area contributed by atoms with Crippen LogP contribution in [0.25, 0.3) is 0 Å². The van der Waals surface area contributed by atoms with Gasteiger partial charge >= 0.3 is 0 Å². The number of anilines is 1. The van der Waals surface area contributed by atoms with Crippen LogP contribution in [-0.2, 0) is 4.74 Å². The van der Waals surface area contributed by atoms with E-state index in [1.807, 2.05) is 6.07 Å². The van der Waals surface area contributed by atoms with E-state index in [1.165, 1.54) is 0 Å². The summed E-state index contributed by atoms with van der Waals surface area (Å²) < 4.78 is 10.8. The molecule has 1 aromatic rings. The van der Waals surface area contributed by atoms with E-state index in [0.29, 0.717) is 12.0 Å². The van der Waals surface area contributed by atoms with Crippen molar-refractivity contribution in [3.8, 4) is 5.88 Å². The lowest BCUT2D eigenvalue weighted by Crippen LogP contribution is -2.37. The van der Waals surface area contributed by atoms with E-state index in [0.717, 1.165) is 43.7 Å². The number of nitrogens with zero attached hydrogens (tertiary/aromatic N) is 3. The van der Waals surface area contributed by atoms with Gasteiger partial charge in [-0.25, -0.2) is 9.97 Å². The number of methoxy groups -OCH3 is 1. The summed E-state index contributed by atoms with van der Waals surface area (Å²) in [6.45, 7) is 2.71. The number of aromatic nitrogens is 2. The van der Waals surface area contributed by atoms with Gasteiger partial charge in [-0.15, -0.1) is 0 Å². The Hall–Kier alpha value is -0.880. The van der Waals surface area contributed by atoms with Crippen LogP contribution in [0.2, 0.25) is 0 Å². The van der Waals surface area contributed by atoms with Crippen LogP contribution in [0.15, 0.2) is 12.4 Å². The molecule has 0 aromatic carbocycles. The first kappa shape index (κ1) is 13.5. The maximum absolute atomic E-state index is 5.73. The topological polar surface area (TPSA) is 47.5 Å². The molecule has 1 aliphatic heterocycles. The molecule has 0 spiro atoms. The van der Waals surface area contributed by atoms with Gasteiger partial charge in [0.2, 0.25) is 5.88 Å². The summed E-state index contributed by atoms with van der Waals surface area (Å²) in [5.41, 5.74) is 0. The molecule has 100 valence electrons. The predicted octanol–water partition coefficient (Wildman–Crippen LogP) is 1.87. The van der Waals surface area contributed by atoms with E-state index >= 15 is 0 Å². The van der Waals surface area contributed by atoms with Crippen molar-refractivity contribution in [1.29, 1.82) is 0 Å². The maximum atomic E-state index is 5.73. The molecule has 0 unspecified atom stereocenters. The van der Waals surface area contributed by atoms with Gasteiger partial charge in [0.25, 0.3) is 0 Å². The third-order valence-electron chi connectivity index (χ3n) is 3.03. The van der Waals surface area contributed by atoms with E-state index in [2.05, 4.69) is 30.8 Å². The summed E-state index contributed by atoms with van der Waals surface area (Å²) in [7, 11) is 1.62. The van der Waals surface area contributed by atoms with Crippen LogP contribution in [0.3, 0.4) is 0 Å². The Bertz CT molecular complexity index is 370. The molecule has 0 bridgehead atoms. The standard InChI is InChI=1S/C12H18BrN3O2/c1-17-12-8-11(14-9-15-12)16-5-2-10(3-6-16)18-7-4-13/h8-10H,2-7H2,1H3. The van der Waals surface area contributed by atoms with Crippen molar-refractivity contribution in [2.45, 2.75) is 18.9 Å². The van der Waals surface area contributed by atoms with Crippen LogP contribution in [0.4, 0.5) is 5.82 Å². The van der Waals surface area contributed by atoms with E-state index in [1.54, 1.807) is 13.4 Å². The fourth-order valence-electron chi connectivity index (χ4n) is 2.08. The van der Waals surface area contributed by atoms with Crippen molar-refractivity contribution < 1.29 is 9.47 Å². The average Bonchev–Trinajstić information content (AvgIpc) is 2.46. The second kappa shape index (κ2) is 6.89. The minimum Gasteiger partial charge on any atom is -0.481 e. The van der Waals surface area contributed by atoms with E-state index in [-0.39, 0.29) is 0 Å². The van der Waals surface area contributed by atoms with E-state index < -0.39 is 0 Å². The Morgan fingerprint density at radius 2 is 2.17 bits per heavy atom. The Morgan fingerprint density at radius 1 is 1.39 bits per heavy atom. The van der Waals surface area contributed by atoms with Gasteiger partial charge in [0.1, 0.15) is 12.1 Å². The van der Waals surface area contributed by atoms with Crippen molar-refractivity contribution in [2.75, 3.05) is 37.0 Å². The number of piperidine rings is 1. The molecule has 2 rings (SSSR count). The van der Waals surface area contributed by atoms with Gasteiger partial charge in [-0.1, -0.05) is 15.9 Å². The van der Waals surface area contributed by atoms with Crippen LogP contribution >= 0.6 is 15.9 Å². The van der Waals surface area contributed by atoms with Gasteiger partial charge in [0, 0.05) is 24.5 Å². The molecule has 2 heterocycles. The lowest BCUT2D eigenvalue weighted by Gasteiger charge is -2.32. The van der Waals surface area contributed by atoms with Crippen molar-refractivity contribution in [1.82, 2.24) is 9.97 Å². The summed E-state index contributed by atoms with van der Waals surface area (Å²) in [5, 5.41) is 0.899. The molecule has 5 nitrogen and oxygen atoms in total. The Kier molecular flexibility index (Phi) is 5.19. The third-order valence-corrected chi connectivity index (χ3v) is 3.36. The largest absolute Gasteiger partial charge is 0.481 e. The zero-order valence-corrected chi connectivity index (χ0v) is 12.1. The highest BCUT2D eigenvalue weighted by Gasteiger charge is 2.20. The fourth-order valence-corrected chi connectivity index (χ4v) is 2.26. The highest BCUT2D eigenvalue weighted by molar-refractivity contribution is 9.09. The summed E-state index contributed by atoms with van der Waals surface area (Å²) >= 11 is 3.37. The van der Waals surface area contributed by atoms with Gasteiger partial charge in [-0.05, 0) is 12.8 Å². The Labute approximate surface area is 116 Å². The van der Waals surface area contributed by atoms with Crippen molar-refractivity contribution in [2.24, 2.45) is 0 Å². The Balaban J connectivity index is 1.88. The average molecular weight is 316 g/mol. The molecule has 1 saturated heterocycles. The number of halogens is 1. The summed E-state index contributed by atoms with van der Waals surface area (Å²) in [6.07, 6.45) is 4.00. The maximum Gasteiger partial charge on any atom is 0.218 e. The molecular weight excluding hydrogens is 298 g/mol. The second-order valence-electron chi connectivity index (χ2n) is 4.16. The number of alkyl halides is 1. The predicted molar refractivity (Wildman–Crippen MR) is 73.6 cm³/mol. The molecule has 0 radical (unpaired) electrons. The van der Waals surface area contributed by atoms with Crippen LogP contribution in [0.1, 0.15) is 12.8 Å². The third kappa shape index (κ3) is 3.55. The minimum atomic E-state index is 0.377. The first-order valence-electron chi connectivity index (χ1n) is 6.12. The zero-order chi connectivity index (χ0) is 12.8. The van der Waals surface area contributed by atoms with E-state index in [9.17, 15) is 0 Å². The lowest BCUT2D eigenvalue weighted by atomic mass is 10.1. The van der Waals surface area contributed by atoms with Crippen molar-refractivity contribution >= 4 is 21.7 Å². The van der Waals surface area contributed by atoms with Crippen LogP contribution in [0.5, 0.6) is 5.88 Å². The lowest BCUT2D eigenvalue weighted by molar-refractivity contribution is 0.0480. The number of rotatable bonds is 5. The minimum absolute atomic E-state index is 0.377. The molecular formula is C12H18BrN3O2. The fraction of sp³-hybridized carbons (Fsp3) is 0.667. The molecule has 6 heteroatoms. The molecule has 0 atom stereocenters. The summed E-state index contributed by atoms with van der Waals surface area (Å²) in [4.78, 5) is 10.6. The smallest absolute Gasteiger partial charge is 0.218 e. The van der Waals surface area contributed by atoms with Crippen molar-refractivity contribution in [3.05, 3.63) is 12.4 Å². The Morgan fingerprint density at radius 3 is 2.83 bits per heavy atom. The number of hydrogen-bond donors (Lipinski definition) is 0. The SMILES string of the molecule is COc1cc(N2CCC(OCCBr)CC2)ncn1. The monoisotopic (exact) mass is 315 g/mol. The van der Waals surface area contributed by atoms with Gasteiger partial charge in [-0.2, -0.15) is 0 Å². The van der Waals surface area contributed by atoms with Gasteiger partial charge < -0.3 is 14.4 Å². The molecule has 1 aromatic heterocycles. The molecule has 0 aliphatic carbocycles. The molecule has 1 fully saturated rings. The molecule has 0 N–H and O–H groups in total. The number of ether oxygens (including phenoxy) is 2. The quantitative estimate of drug-likeness (QED) is 0.776. The first-order valence-corrected chi connectivity index (χ1v) is 7.24. The highest BCUT2D eigenvalue weighted by Crippen LogP contribution is 2.21. The highest BCUT2D eigenvalue weighted by atomic mass is 79.9. The van der Waals surface area contributed by atoms with Gasteiger partial charge in [0.15, 0.2) is 0 Å². The molecule has 18 heavy (non-hydrogen) atoms. The van der Waals surface area contributed by atoms with Crippen LogP contribution in [0, 0.1) is 0 Å². The first-order chi connectivity index (χ1) is 8.83.